The maximum Gasteiger partial charge on any atom is 0.200 e. The van der Waals surface area contributed by atoms with Gasteiger partial charge >= 0.3 is 0 Å². The van der Waals surface area contributed by atoms with Gasteiger partial charge in [0.15, 0.2) is 17.1 Å². The summed E-state index contributed by atoms with van der Waals surface area (Å²) >= 11 is 5.19. The zero-order valence-corrected chi connectivity index (χ0v) is 11.2. The van der Waals surface area contributed by atoms with Gasteiger partial charge in [0.2, 0.25) is 0 Å². The molecule has 1 aliphatic rings. The summed E-state index contributed by atoms with van der Waals surface area (Å²) in [6.45, 7) is 3.91. The normalized spacial score (nSPS) is 17.8. The van der Waals surface area contributed by atoms with Crippen molar-refractivity contribution in [2.45, 2.75) is 20.0 Å². The third kappa shape index (κ3) is 2.51. The summed E-state index contributed by atoms with van der Waals surface area (Å²) in [7, 11) is 3.74. The van der Waals surface area contributed by atoms with Crippen molar-refractivity contribution in [2.75, 3.05) is 14.1 Å². The Hall–Kier alpha value is -1.31. The van der Waals surface area contributed by atoms with Crippen molar-refractivity contribution in [3.8, 4) is 0 Å². The molecule has 0 radical (unpaired) electrons. The number of aromatic nitrogens is 2. The lowest BCUT2D eigenvalue weighted by Gasteiger charge is -2.39. The Kier molecular flexibility index (Phi) is 3.23. The lowest BCUT2D eigenvalue weighted by molar-refractivity contribution is 0.125. The van der Waals surface area contributed by atoms with E-state index in [-0.39, 0.29) is 6.17 Å². The molecule has 1 aliphatic heterocycles. The van der Waals surface area contributed by atoms with Crippen molar-refractivity contribution in [3.05, 3.63) is 23.3 Å². The van der Waals surface area contributed by atoms with Crippen LogP contribution in [-0.2, 0) is 0 Å². The number of nitrogens with one attached hydrogen (secondary N) is 2. The van der Waals surface area contributed by atoms with Crippen LogP contribution in [0.1, 0.15) is 23.4 Å². The molecule has 0 saturated carbocycles. The first-order valence-electron chi connectivity index (χ1n) is 5.33. The molecule has 1 aromatic heterocycles. The largest absolute Gasteiger partial charge is 0.285 e. The van der Waals surface area contributed by atoms with Crippen LogP contribution < -0.4 is 10.9 Å². The van der Waals surface area contributed by atoms with Crippen molar-refractivity contribution in [2.24, 2.45) is 0 Å². The summed E-state index contributed by atoms with van der Waals surface area (Å²) in [6, 6.07) is 1.95. The number of nitrogens with zero attached hydrogens (tertiary/aromatic N) is 4. The van der Waals surface area contributed by atoms with Gasteiger partial charge in [-0.15, -0.1) is 0 Å². The lowest BCUT2D eigenvalue weighted by atomic mass is 10.3. The topological polar surface area (TPSA) is 56.3 Å². The van der Waals surface area contributed by atoms with Gasteiger partial charge in [0.1, 0.15) is 0 Å². The summed E-state index contributed by atoms with van der Waals surface area (Å²) in [5.74, 6) is 0.712. The van der Waals surface area contributed by atoms with Gasteiger partial charge in [-0.05, 0) is 32.1 Å². The van der Waals surface area contributed by atoms with Gasteiger partial charge in [-0.1, -0.05) is 0 Å². The molecule has 0 aliphatic carbocycles. The summed E-state index contributed by atoms with van der Waals surface area (Å²) in [5, 5.41) is 4.22. The summed E-state index contributed by atoms with van der Waals surface area (Å²) in [4.78, 5) is 8.84. The van der Waals surface area contributed by atoms with Gasteiger partial charge in [-0.25, -0.2) is 20.8 Å². The number of hydrogen-bond acceptors (Lipinski definition) is 5. The molecule has 6 nitrogen and oxygen atoms in total. The van der Waals surface area contributed by atoms with Crippen LogP contribution in [0.15, 0.2) is 6.07 Å². The minimum absolute atomic E-state index is 0.171. The van der Waals surface area contributed by atoms with E-state index in [1.165, 1.54) is 0 Å². The van der Waals surface area contributed by atoms with E-state index in [0.29, 0.717) is 10.9 Å². The predicted molar refractivity (Wildman–Crippen MR) is 68.6 cm³/mol. The molecule has 0 unspecified atom stereocenters. The van der Waals surface area contributed by atoms with E-state index in [2.05, 4.69) is 20.8 Å². The molecule has 2 rings (SSSR count). The average molecular weight is 252 g/mol. The molecule has 92 valence electrons. The Labute approximate surface area is 106 Å². The Morgan fingerprint density at radius 2 is 1.59 bits per heavy atom. The molecule has 2 heterocycles. The first-order valence-corrected chi connectivity index (χ1v) is 5.74. The molecule has 17 heavy (non-hydrogen) atoms. The van der Waals surface area contributed by atoms with Gasteiger partial charge in [0.25, 0.3) is 0 Å². The molecular weight excluding hydrogens is 236 g/mol. The van der Waals surface area contributed by atoms with Crippen LogP contribution in [0.3, 0.4) is 0 Å². The highest BCUT2D eigenvalue weighted by Gasteiger charge is 2.26. The number of hydrogen-bond donors (Lipinski definition) is 2. The fraction of sp³-hybridized carbons (Fsp3) is 0.500. The van der Waals surface area contributed by atoms with Crippen LogP contribution in [0.25, 0.3) is 0 Å². The van der Waals surface area contributed by atoms with E-state index in [9.17, 15) is 0 Å². The Morgan fingerprint density at radius 3 is 2.06 bits per heavy atom. The third-order valence-corrected chi connectivity index (χ3v) is 3.02. The zero-order valence-electron chi connectivity index (χ0n) is 10.4. The Bertz CT molecular complexity index is 414. The summed E-state index contributed by atoms with van der Waals surface area (Å²) < 4.78 is 0. The van der Waals surface area contributed by atoms with E-state index in [1.807, 2.05) is 34.0 Å². The van der Waals surface area contributed by atoms with E-state index >= 15 is 0 Å². The zero-order chi connectivity index (χ0) is 12.6. The van der Waals surface area contributed by atoms with Crippen LogP contribution in [0.4, 0.5) is 0 Å². The smallest absolute Gasteiger partial charge is 0.200 e. The second-order valence-corrected chi connectivity index (χ2v) is 4.47. The number of thiocarbonyl (C=S) groups is 1. The van der Waals surface area contributed by atoms with Crippen LogP contribution in [0, 0.1) is 13.8 Å². The molecule has 1 fully saturated rings. The van der Waals surface area contributed by atoms with Gasteiger partial charge < -0.3 is 0 Å². The summed E-state index contributed by atoms with van der Waals surface area (Å²) in [6.07, 6.45) is -0.171. The SMILES string of the molecule is Cc1cc(C)nc(C2NN(C)C(=S)N(C)N2)n1. The maximum absolute atomic E-state index is 5.19. The Balaban J connectivity index is 2.25. The van der Waals surface area contributed by atoms with E-state index in [1.54, 1.807) is 10.0 Å². The fourth-order valence-electron chi connectivity index (χ4n) is 1.75. The lowest BCUT2D eigenvalue weighted by Crippen LogP contribution is -2.62. The summed E-state index contributed by atoms with van der Waals surface area (Å²) in [5.41, 5.74) is 8.27. The standard InChI is InChI=1S/C10H16N6S/c1-6-5-7(2)12-8(11-6)9-13-15(3)10(17)16(4)14-9/h5,9,13-14H,1-4H3. The molecule has 0 amide bonds. The second kappa shape index (κ2) is 4.52. The van der Waals surface area contributed by atoms with Gasteiger partial charge in [0.05, 0.1) is 0 Å². The number of hydrazine groups is 2. The van der Waals surface area contributed by atoms with E-state index in [4.69, 9.17) is 12.2 Å². The fourth-order valence-corrected chi connectivity index (χ4v) is 1.85. The molecule has 0 aromatic carbocycles. The quantitative estimate of drug-likeness (QED) is 0.695. The monoisotopic (exact) mass is 252 g/mol. The van der Waals surface area contributed by atoms with Crippen molar-refractivity contribution in [1.29, 1.82) is 0 Å². The molecule has 0 atom stereocenters. The molecule has 7 heteroatoms. The van der Waals surface area contributed by atoms with Crippen LogP contribution in [0.5, 0.6) is 0 Å². The highest BCUT2D eigenvalue weighted by molar-refractivity contribution is 7.80. The average Bonchev–Trinajstić information content (AvgIpc) is 2.23. The maximum atomic E-state index is 5.19. The molecule has 0 spiro atoms. The van der Waals surface area contributed by atoms with Crippen molar-refractivity contribution >= 4 is 17.3 Å². The minimum Gasteiger partial charge on any atom is -0.285 e. The molecule has 0 bridgehead atoms. The van der Waals surface area contributed by atoms with Gasteiger partial charge in [-0.2, -0.15) is 0 Å². The van der Waals surface area contributed by atoms with Crippen LogP contribution in [0.2, 0.25) is 0 Å². The van der Waals surface area contributed by atoms with E-state index < -0.39 is 0 Å². The predicted octanol–water partition coefficient (Wildman–Crippen LogP) is 0.263. The first kappa shape index (κ1) is 12.2. The van der Waals surface area contributed by atoms with E-state index in [0.717, 1.165) is 11.4 Å². The minimum atomic E-state index is -0.171. The highest BCUT2D eigenvalue weighted by atomic mass is 32.1. The Morgan fingerprint density at radius 1 is 1.12 bits per heavy atom. The number of aryl methyl sites for hydroxylation is 2. The molecular formula is C10H16N6S. The first-order chi connectivity index (χ1) is 7.97. The van der Waals surface area contributed by atoms with Gasteiger partial charge in [0, 0.05) is 25.5 Å². The molecule has 2 N–H and O–H groups in total. The third-order valence-electron chi connectivity index (χ3n) is 2.48. The molecule has 1 saturated heterocycles. The van der Waals surface area contributed by atoms with Crippen LogP contribution in [-0.4, -0.2) is 39.2 Å². The van der Waals surface area contributed by atoms with Crippen LogP contribution >= 0.6 is 12.2 Å². The van der Waals surface area contributed by atoms with Crippen molar-refractivity contribution in [3.63, 3.8) is 0 Å². The second-order valence-electron chi connectivity index (χ2n) is 4.10. The highest BCUT2D eigenvalue weighted by Crippen LogP contribution is 2.12. The van der Waals surface area contributed by atoms with Crippen molar-refractivity contribution < 1.29 is 0 Å². The van der Waals surface area contributed by atoms with Gasteiger partial charge in [-0.3, -0.25) is 10.0 Å². The molecule has 1 aromatic rings. The van der Waals surface area contributed by atoms with Crippen molar-refractivity contribution in [1.82, 2.24) is 30.8 Å². The number of rotatable bonds is 1.